The van der Waals surface area contributed by atoms with Crippen molar-refractivity contribution in [2.45, 2.75) is 0 Å². The lowest BCUT2D eigenvalue weighted by atomic mass is 10.3. The number of ether oxygens (including phenoxy) is 1. The number of morpholine rings is 1. The van der Waals surface area contributed by atoms with E-state index in [1.54, 1.807) is 4.90 Å². The minimum Gasteiger partial charge on any atom is -0.378 e. The van der Waals surface area contributed by atoms with Crippen molar-refractivity contribution in [1.29, 1.82) is 0 Å². The number of carbonyl (C=O) groups is 1. The van der Waals surface area contributed by atoms with Crippen LogP contribution in [0.2, 0.25) is 0 Å². The van der Waals surface area contributed by atoms with E-state index in [1.165, 1.54) is 0 Å². The van der Waals surface area contributed by atoms with Crippen LogP contribution in [0.4, 0.5) is 5.82 Å². The SMILES string of the molecule is O=C(c1cc([N+](=O)[O-])[nH]n1)N1CCOCC1. The molecule has 0 aliphatic carbocycles. The Morgan fingerprint density at radius 2 is 2.25 bits per heavy atom. The van der Waals surface area contributed by atoms with Gasteiger partial charge >= 0.3 is 5.82 Å². The molecule has 8 nitrogen and oxygen atoms in total. The van der Waals surface area contributed by atoms with Gasteiger partial charge in [0.05, 0.1) is 19.3 Å². The van der Waals surface area contributed by atoms with Gasteiger partial charge in [0.1, 0.15) is 0 Å². The van der Waals surface area contributed by atoms with Gasteiger partial charge in [-0.3, -0.25) is 4.79 Å². The summed E-state index contributed by atoms with van der Waals surface area (Å²) in [7, 11) is 0. The van der Waals surface area contributed by atoms with Gasteiger partial charge in [-0.15, -0.1) is 5.10 Å². The van der Waals surface area contributed by atoms with Gasteiger partial charge in [-0.25, -0.2) is 0 Å². The first-order valence-corrected chi connectivity index (χ1v) is 4.75. The van der Waals surface area contributed by atoms with E-state index < -0.39 is 4.92 Å². The average Bonchev–Trinajstić information content (AvgIpc) is 2.78. The molecule has 0 atom stereocenters. The third kappa shape index (κ3) is 2.01. The predicted octanol–water partition coefficient (Wildman–Crippen LogP) is -0.210. The highest BCUT2D eigenvalue weighted by Gasteiger charge is 2.23. The van der Waals surface area contributed by atoms with E-state index in [9.17, 15) is 14.9 Å². The van der Waals surface area contributed by atoms with E-state index in [0.717, 1.165) is 6.07 Å². The number of amides is 1. The van der Waals surface area contributed by atoms with Crippen molar-refractivity contribution in [3.63, 3.8) is 0 Å². The average molecular weight is 226 g/mol. The maximum Gasteiger partial charge on any atom is 0.343 e. The zero-order valence-corrected chi connectivity index (χ0v) is 8.38. The number of hydrogen-bond acceptors (Lipinski definition) is 5. The minimum absolute atomic E-state index is 0.0635. The first-order valence-electron chi connectivity index (χ1n) is 4.75. The van der Waals surface area contributed by atoms with Crippen molar-refractivity contribution in [3.05, 3.63) is 21.9 Å². The highest BCUT2D eigenvalue weighted by atomic mass is 16.6. The van der Waals surface area contributed by atoms with Crippen LogP contribution < -0.4 is 0 Å². The Labute approximate surface area is 90.3 Å². The largest absolute Gasteiger partial charge is 0.378 e. The summed E-state index contributed by atoms with van der Waals surface area (Å²) in [6.07, 6.45) is 0. The zero-order chi connectivity index (χ0) is 11.5. The molecule has 1 amide bonds. The van der Waals surface area contributed by atoms with Crippen LogP contribution in [0.5, 0.6) is 0 Å². The van der Waals surface area contributed by atoms with Crippen LogP contribution in [-0.4, -0.2) is 52.2 Å². The second-order valence-corrected chi connectivity index (χ2v) is 3.30. The molecular formula is C8H10N4O4. The second-order valence-electron chi connectivity index (χ2n) is 3.30. The van der Waals surface area contributed by atoms with Crippen molar-refractivity contribution >= 4 is 11.7 Å². The summed E-state index contributed by atoms with van der Waals surface area (Å²) >= 11 is 0. The molecule has 1 aliphatic rings. The molecule has 8 heteroatoms. The number of H-pyrrole nitrogens is 1. The zero-order valence-electron chi connectivity index (χ0n) is 8.38. The van der Waals surface area contributed by atoms with Crippen LogP contribution >= 0.6 is 0 Å². The highest BCUT2D eigenvalue weighted by molar-refractivity contribution is 5.92. The maximum absolute atomic E-state index is 11.8. The minimum atomic E-state index is -0.622. The van der Waals surface area contributed by atoms with Crippen molar-refractivity contribution in [3.8, 4) is 0 Å². The Kier molecular flexibility index (Phi) is 2.82. The maximum atomic E-state index is 11.8. The summed E-state index contributed by atoms with van der Waals surface area (Å²) < 4.78 is 5.10. The van der Waals surface area contributed by atoms with Crippen LogP contribution in [0.25, 0.3) is 0 Å². The van der Waals surface area contributed by atoms with Crippen LogP contribution in [0, 0.1) is 10.1 Å². The molecule has 1 aromatic rings. The van der Waals surface area contributed by atoms with Crippen molar-refractivity contribution in [2.75, 3.05) is 26.3 Å². The molecule has 1 aliphatic heterocycles. The standard InChI is InChI=1S/C8H10N4O4/c13-8(11-1-3-16-4-2-11)6-5-7(10-9-6)12(14)15/h5H,1-4H2,(H,9,10). The Morgan fingerprint density at radius 1 is 1.56 bits per heavy atom. The molecule has 1 saturated heterocycles. The van der Waals surface area contributed by atoms with E-state index in [2.05, 4.69) is 10.2 Å². The molecule has 0 spiro atoms. The van der Waals surface area contributed by atoms with Crippen molar-refractivity contribution < 1.29 is 14.5 Å². The van der Waals surface area contributed by atoms with Gasteiger partial charge in [-0.05, 0) is 4.92 Å². The number of nitrogens with zero attached hydrogens (tertiary/aromatic N) is 3. The summed E-state index contributed by atoms with van der Waals surface area (Å²) in [5, 5.41) is 16.2. The summed E-state index contributed by atoms with van der Waals surface area (Å²) in [5.41, 5.74) is 0.0635. The number of nitro groups is 1. The van der Waals surface area contributed by atoms with E-state index in [0.29, 0.717) is 26.3 Å². The highest BCUT2D eigenvalue weighted by Crippen LogP contribution is 2.11. The van der Waals surface area contributed by atoms with E-state index >= 15 is 0 Å². The number of nitrogens with one attached hydrogen (secondary N) is 1. The molecule has 0 radical (unpaired) electrons. The van der Waals surface area contributed by atoms with Crippen LogP contribution in [0.3, 0.4) is 0 Å². The molecule has 0 aromatic carbocycles. The lowest BCUT2D eigenvalue weighted by Crippen LogP contribution is -2.40. The van der Waals surface area contributed by atoms with Gasteiger partial charge in [0.25, 0.3) is 5.91 Å². The molecule has 0 bridgehead atoms. The smallest absolute Gasteiger partial charge is 0.343 e. The fourth-order valence-electron chi connectivity index (χ4n) is 1.44. The molecule has 86 valence electrons. The molecule has 1 fully saturated rings. The molecule has 1 N–H and O–H groups in total. The second kappa shape index (κ2) is 4.27. The van der Waals surface area contributed by atoms with Crippen LogP contribution in [-0.2, 0) is 4.74 Å². The summed E-state index contributed by atoms with van der Waals surface area (Å²) in [6.45, 7) is 1.94. The molecule has 16 heavy (non-hydrogen) atoms. The molecule has 0 saturated carbocycles. The van der Waals surface area contributed by atoms with Gasteiger partial charge in [-0.1, -0.05) is 5.10 Å². The van der Waals surface area contributed by atoms with E-state index in [1.807, 2.05) is 0 Å². The Bertz CT molecular complexity index is 410. The third-order valence-corrected chi connectivity index (χ3v) is 2.28. The van der Waals surface area contributed by atoms with Gasteiger partial charge in [0.15, 0.2) is 5.69 Å². The van der Waals surface area contributed by atoms with Crippen LogP contribution in [0.1, 0.15) is 10.5 Å². The lowest BCUT2D eigenvalue weighted by molar-refractivity contribution is -0.389. The van der Waals surface area contributed by atoms with Gasteiger partial charge in [-0.2, -0.15) is 0 Å². The number of hydrogen-bond donors (Lipinski definition) is 1. The molecule has 2 rings (SSSR count). The van der Waals surface area contributed by atoms with Crippen molar-refractivity contribution in [2.24, 2.45) is 0 Å². The van der Waals surface area contributed by atoms with Gasteiger partial charge < -0.3 is 19.8 Å². The van der Waals surface area contributed by atoms with Crippen LogP contribution in [0.15, 0.2) is 6.07 Å². The fraction of sp³-hybridized carbons (Fsp3) is 0.500. The lowest BCUT2D eigenvalue weighted by Gasteiger charge is -2.25. The van der Waals surface area contributed by atoms with E-state index in [4.69, 9.17) is 4.74 Å². The topological polar surface area (TPSA) is 101 Å². The van der Waals surface area contributed by atoms with Gasteiger partial charge in [0.2, 0.25) is 0 Å². The predicted molar refractivity (Wildman–Crippen MR) is 52.0 cm³/mol. The molecule has 0 unspecified atom stereocenters. The normalized spacial score (nSPS) is 16.1. The molecular weight excluding hydrogens is 216 g/mol. The first-order chi connectivity index (χ1) is 7.68. The summed E-state index contributed by atoms with van der Waals surface area (Å²) in [5.74, 6) is -0.593. The van der Waals surface area contributed by atoms with E-state index in [-0.39, 0.29) is 17.4 Å². The number of aromatic amines is 1. The quantitative estimate of drug-likeness (QED) is 0.555. The number of aromatic nitrogens is 2. The molecule has 1 aromatic heterocycles. The number of rotatable bonds is 2. The Morgan fingerprint density at radius 3 is 2.81 bits per heavy atom. The third-order valence-electron chi connectivity index (χ3n) is 2.28. The summed E-state index contributed by atoms with van der Waals surface area (Å²) in [6, 6.07) is 1.14. The Hall–Kier alpha value is -1.96. The van der Waals surface area contributed by atoms with Gasteiger partial charge in [0, 0.05) is 13.1 Å². The van der Waals surface area contributed by atoms with Crippen molar-refractivity contribution in [1.82, 2.24) is 15.1 Å². The number of carbonyl (C=O) groups excluding carboxylic acids is 1. The fourth-order valence-corrected chi connectivity index (χ4v) is 1.44. The Balaban J connectivity index is 2.10. The summed E-state index contributed by atoms with van der Waals surface area (Å²) in [4.78, 5) is 23.1. The monoisotopic (exact) mass is 226 g/mol. The molecule has 2 heterocycles. The first kappa shape index (κ1) is 10.6.